The predicted molar refractivity (Wildman–Crippen MR) is 90.9 cm³/mol. The summed E-state index contributed by atoms with van der Waals surface area (Å²) in [4.78, 5) is 36.5. The van der Waals surface area contributed by atoms with Crippen molar-refractivity contribution < 1.29 is 19.1 Å². The Morgan fingerprint density at radius 1 is 1.24 bits per heavy atom. The number of rotatable bonds is 8. The van der Waals surface area contributed by atoms with E-state index in [-0.39, 0.29) is 24.8 Å². The van der Waals surface area contributed by atoms with Crippen molar-refractivity contribution in [1.29, 1.82) is 0 Å². The molecular weight excluding hydrogens is 348 g/mol. The molecule has 2 heterocycles. The predicted octanol–water partition coefficient (Wildman–Crippen LogP) is 2.34. The van der Waals surface area contributed by atoms with Gasteiger partial charge in [-0.05, 0) is 20.3 Å². The van der Waals surface area contributed by atoms with E-state index in [0.29, 0.717) is 11.2 Å². The summed E-state index contributed by atoms with van der Waals surface area (Å²) in [5.41, 5.74) is 0.913. The van der Waals surface area contributed by atoms with Crippen LogP contribution in [-0.2, 0) is 19.1 Å². The van der Waals surface area contributed by atoms with Crippen molar-refractivity contribution in [3.63, 3.8) is 0 Å². The number of carbonyl (C=O) groups is 2. The molecule has 0 aliphatic heterocycles. The number of fused-ring (bicyclic) bond motifs is 1. The lowest BCUT2D eigenvalue weighted by molar-refractivity contribution is -0.162. The topological polar surface area (TPSA) is 96.2 Å². The zero-order chi connectivity index (χ0) is 18.4. The van der Waals surface area contributed by atoms with E-state index in [1.807, 2.05) is 0 Å². The van der Waals surface area contributed by atoms with Crippen LogP contribution in [-0.4, -0.2) is 44.7 Å². The van der Waals surface area contributed by atoms with E-state index in [4.69, 9.17) is 21.1 Å². The lowest BCUT2D eigenvalue weighted by atomic mass is 9.99. The van der Waals surface area contributed by atoms with Gasteiger partial charge in [-0.3, -0.25) is 9.59 Å². The quantitative estimate of drug-likeness (QED) is 0.306. The molecule has 0 fully saturated rings. The van der Waals surface area contributed by atoms with Crippen LogP contribution in [0.1, 0.15) is 26.3 Å². The van der Waals surface area contributed by atoms with Crippen molar-refractivity contribution in [3.05, 3.63) is 30.5 Å². The van der Waals surface area contributed by atoms with Crippen LogP contribution in [0, 0.1) is 5.92 Å². The minimum absolute atomic E-state index is 0.0951. The Balaban J connectivity index is 2.35. The van der Waals surface area contributed by atoms with Gasteiger partial charge in [0.1, 0.15) is 11.8 Å². The van der Waals surface area contributed by atoms with Crippen molar-refractivity contribution in [1.82, 2.24) is 19.5 Å². The van der Waals surface area contributed by atoms with Gasteiger partial charge in [-0.2, -0.15) is 0 Å². The number of esters is 2. The average molecular weight is 367 g/mol. The second-order valence-electron chi connectivity index (χ2n) is 5.08. The summed E-state index contributed by atoms with van der Waals surface area (Å²) < 4.78 is 11.7. The number of allylic oxidation sites excluding steroid dienone is 1. The van der Waals surface area contributed by atoms with Crippen LogP contribution in [0.25, 0.3) is 11.2 Å². The van der Waals surface area contributed by atoms with Gasteiger partial charge in [0.25, 0.3) is 0 Å². The molecule has 0 bridgehead atoms. The highest BCUT2D eigenvalue weighted by atomic mass is 35.5. The Hall–Kier alpha value is -2.48. The van der Waals surface area contributed by atoms with E-state index in [2.05, 4.69) is 21.5 Å². The van der Waals surface area contributed by atoms with Gasteiger partial charge in [-0.1, -0.05) is 17.7 Å². The zero-order valence-electron chi connectivity index (χ0n) is 14.0. The van der Waals surface area contributed by atoms with Gasteiger partial charge in [0.2, 0.25) is 0 Å². The summed E-state index contributed by atoms with van der Waals surface area (Å²) in [6.45, 7) is 7.46. The summed E-state index contributed by atoms with van der Waals surface area (Å²) in [6.07, 6.45) is 4.52. The summed E-state index contributed by atoms with van der Waals surface area (Å²) in [6, 6.07) is -0.452. The van der Waals surface area contributed by atoms with Gasteiger partial charge in [0, 0.05) is 0 Å². The lowest BCUT2D eigenvalue weighted by Gasteiger charge is -2.20. The molecule has 1 unspecified atom stereocenters. The molecule has 0 amide bonds. The molecule has 134 valence electrons. The van der Waals surface area contributed by atoms with Gasteiger partial charge in [-0.25, -0.2) is 15.0 Å². The molecular formula is C16H19ClN4O4. The molecule has 0 aliphatic rings. The Kier molecular flexibility index (Phi) is 6.46. The third-order valence-corrected chi connectivity index (χ3v) is 3.85. The molecule has 0 spiro atoms. The summed E-state index contributed by atoms with van der Waals surface area (Å²) >= 11 is 6.14. The largest absolute Gasteiger partial charge is 0.465 e. The van der Waals surface area contributed by atoms with Crippen molar-refractivity contribution in [3.8, 4) is 0 Å². The average Bonchev–Trinajstić information content (AvgIpc) is 3.01. The SMILES string of the molecule is C=CC(CC(C(=O)OCC)C(=O)OCC)n1cnc2ncnc(Cl)c21. The number of ether oxygens (including phenoxy) is 2. The highest BCUT2D eigenvalue weighted by molar-refractivity contribution is 6.33. The first-order chi connectivity index (χ1) is 12.0. The Morgan fingerprint density at radius 2 is 1.88 bits per heavy atom. The first kappa shape index (κ1) is 18.9. The second-order valence-corrected chi connectivity index (χ2v) is 5.44. The van der Waals surface area contributed by atoms with E-state index >= 15 is 0 Å². The fourth-order valence-electron chi connectivity index (χ4n) is 2.43. The number of nitrogens with zero attached hydrogens (tertiary/aromatic N) is 4. The molecule has 2 rings (SSSR count). The standard InChI is InChI=1S/C16H19ClN4O4/c1-4-10(7-11(15(22)24-5-2)16(23)25-6-3)21-9-20-14-12(21)13(17)18-8-19-14/h4,8-11H,1,5-7H2,2-3H3. The lowest BCUT2D eigenvalue weighted by Crippen LogP contribution is -2.30. The maximum absolute atomic E-state index is 12.2. The van der Waals surface area contributed by atoms with E-state index in [0.717, 1.165) is 0 Å². The minimum Gasteiger partial charge on any atom is -0.465 e. The van der Waals surface area contributed by atoms with Crippen LogP contribution < -0.4 is 0 Å². The molecule has 0 N–H and O–H groups in total. The molecule has 0 aliphatic carbocycles. The van der Waals surface area contributed by atoms with Crippen molar-refractivity contribution >= 4 is 34.7 Å². The van der Waals surface area contributed by atoms with E-state index in [9.17, 15) is 9.59 Å². The first-order valence-electron chi connectivity index (χ1n) is 7.82. The number of aromatic nitrogens is 4. The van der Waals surface area contributed by atoms with Crippen LogP contribution in [0.2, 0.25) is 5.15 Å². The van der Waals surface area contributed by atoms with Crippen molar-refractivity contribution in [2.24, 2.45) is 5.92 Å². The zero-order valence-corrected chi connectivity index (χ0v) is 14.8. The van der Waals surface area contributed by atoms with Crippen molar-refractivity contribution in [2.75, 3.05) is 13.2 Å². The monoisotopic (exact) mass is 366 g/mol. The molecule has 0 aromatic carbocycles. The molecule has 0 radical (unpaired) electrons. The van der Waals surface area contributed by atoms with E-state index in [1.54, 1.807) is 24.5 Å². The van der Waals surface area contributed by atoms with E-state index in [1.165, 1.54) is 12.7 Å². The normalized spacial score (nSPS) is 12.2. The molecule has 9 heteroatoms. The fourth-order valence-corrected chi connectivity index (χ4v) is 2.66. The van der Waals surface area contributed by atoms with Gasteiger partial charge < -0.3 is 14.0 Å². The number of hydrogen-bond donors (Lipinski definition) is 0. The third-order valence-electron chi connectivity index (χ3n) is 3.57. The van der Waals surface area contributed by atoms with Crippen LogP contribution in [0.5, 0.6) is 0 Å². The van der Waals surface area contributed by atoms with Gasteiger partial charge in [0.05, 0.1) is 25.6 Å². The van der Waals surface area contributed by atoms with E-state index < -0.39 is 23.9 Å². The number of halogens is 1. The Morgan fingerprint density at radius 3 is 2.44 bits per heavy atom. The van der Waals surface area contributed by atoms with Gasteiger partial charge in [0.15, 0.2) is 16.7 Å². The minimum atomic E-state index is -1.08. The third kappa shape index (κ3) is 4.14. The van der Waals surface area contributed by atoms with Crippen LogP contribution in [0.4, 0.5) is 0 Å². The highest BCUT2D eigenvalue weighted by Crippen LogP contribution is 2.27. The summed E-state index contributed by atoms with van der Waals surface area (Å²) in [7, 11) is 0. The van der Waals surface area contributed by atoms with Crippen LogP contribution in [0.15, 0.2) is 25.3 Å². The Labute approximate surface area is 149 Å². The van der Waals surface area contributed by atoms with Gasteiger partial charge >= 0.3 is 11.9 Å². The summed E-state index contributed by atoms with van der Waals surface area (Å²) in [5, 5.41) is 0.221. The first-order valence-corrected chi connectivity index (χ1v) is 8.20. The molecule has 0 saturated carbocycles. The Bertz CT molecular complexity index is 759. The number of imidazole rings is 1. The maximum Gasteiger partial charge on any atom is 0.320 e. The van der Waals surface area contributed by atoms with Crippen LogP contribution in [0.3, 0.4) is 0 Å². The smallest absolute Gasteiger partial charge is 0.320 e. The number of carbonyl (C=O) groups excluding carboxylic acids is 2. The molecule has 2 aromatic heterocycles. The molecule has 2 aromatic rings. The maximum atomic E-state index is 12.2. The van der Waals surface area contributed by atoms with Gasteiger partial charge in [-0.15, -0.1) is 6.58 Å². The highest BCUT2D eigenvalue weighted by Gasteiger charge is 2.32. The summed E-state index contributed by atoms with van der Waals surface area (Å²) in [5.74, 6) is -2.36. The molecule has 0 saturated heterocycles. The molecule has 25 heavy (non-hydrogen) atoms. The van der Waals surface area contributed by atoms with Crippen molar-refractivity contribution in [2.45, 2.75) is 26.3 Å². The fraction of sp³-hybridized carbons (Fsp3) is 0.438. The molecule has 8 nitrogen and oxygen atoms in total. The molecule has 1 atom stereocenters. The second kappa shape index (κ2) is 8.57. The van der Waals surface area contributed by atoms with Crippen LogP contribution >= 0.6 is 11.6 Å². The number of hydrogen-bond acceptors (Lipinski definition) is 7.